The Morgan fingerprint density at radius 1 is 1.43 bits per heavy atom. The number of hydrogen-bond donors (Lipinski definition) is 1. The number of aromatic nitrogens is 1. The normalized spacial score (nSPS) is 10.5. The van der Waals surface area contributed by atoms with Crippen molar-refractivity contribution in [3.05, 3.63) is 50.8 Å². The maximum absolute atomic E-state index is 13.5. The van der Waals surface area contributed by atoms with Crippen LogP contribution in [0.3, 0.4) is 0 Å². The third kappa shape index (κ3) is 3.71. The molecule has 1 heterocycles. The Morgan fingerprint density at radius 3 is 2.76 bits per heavy atom. The quantitative estimate of drug-likeness (QED) is 0.789. The van der Waals surface area contributed by atoms with Gasteiger partial charge in [-0.25, -0.2) is 14.2 Å². The number of benzene rings is 1. The van der Waals surface area contributed by atoms with Crippen molar-refractivity contribution in [2.24, 2.45) is 0 Å². The minimum atomic E-state index is -1.08. The summed E-state index contributed by atoms with van der Waals surface area (Å²) in [7, 11) is 0. The number of ether oxygens (including phenoxy) is 1. The average molecular weight is 375 g/mol. The second kappa shape index (κ2) is 6.41. The van der Waals surface area contributed by atoms with E-state index in [1.54, 1.807) is 0 Å². The molecule has 0 saturated heterocycles. The van der Waals surface area contributed by atoms with Gasteiger partial charge in [0.1, 0.15) is 11.6 Å². The van der Waals surface area contributed by atoms with Gasteiger partial charge in [-0.1, -0.05) is 18.5 Å². The summed E-state index contributed by atoms with van der Waals surface area (Å²) >= 11 is 8.85. The van der Waals surface area contributed by atoms with E-state index in [0.717, 1.165) is 6.07 Å². The van der Waals surface area contributed by atoms with Gasteiger partial charge in [0.25, 0.3) is 0 Å². The maximum Gasteiger partial charge on any atom is 0.335 e. The van der Waals surface area contributed by atoms with Gasteiger partial charge >= 0.3 is 5.97 Å². The molecular formula is C14H10BrClFNO3. The summed E-state index contributed by atoms with van der Waals surface area (Å²) in [6, 6.07) is 5.20. The molecule has 0 aliphatic heterocycles. The van der Waals surface area contributed by atoms with E-state index < -0.39 is 11.8 Å². The fraction of sp³-hybridized carbons (Fsp3) is 0.143. The Hall–Kier alpha value is -1.66. The van der Waals surface area contributed by atoms with E-state index in [4.69, 9.17) is 21.4 Å². The van der Waals surface area contributed by atoms with E-state index in [9.17, 15) is 9.18 Å². The Morgan fingerprint density at radius 2 is 2.14 bits per heavy atom. The Labute approximate surface area is 133 Å². The number of hydrogen-bond acceptors (Lipinski definition) is 3. The summed E-state index contributed by atoms with van der Waals surface area (Å²) < 4.78 is 19.4. The Bertz CT molecular complexity index is 709. The SMILES string of the molecule is CCc1cc(C(=O)O)cc(Oc2cc(F)c(Cl)cc2Br)n1. The highest BCUT2D eigenvalue weighted by Crippen LogP contribution is 2.33. The molecule has 0 bridgehead atoms. The van der Waals surface area contributed by atoms with Crippen molar-refractivity contribution in [2.45, 2.75) is 13.3 Å². The highest BCUT2D eigenvalue weighted by atomic mass is 79.9. The molecule has 0 aliphatic carbocycles. The molecule has 110 valence electrons. The average Bonchev–Trinajstić information content (AvgIpc) is 2.44. The topological polar surface area (TPSA) is 59.4 Å². The smallest absolute Gasteiger partial charge is 0.335 e. The van der Waals surface area contributed by atoms with E-state index in [1.807, 2.05) is 6.92 Å². The second-order valence-corrected chi connectivity index (χ2v) is 5.40. The van der Waals surface area contributed by atoms with Crippen LogP contribution in [0.25, 0.3) is 0 Å². The number of carboxylic acid groups (broad SMARTS) is 1. The van der Waals surface area contributed by atoms with Crippen LogP contribution >= 0.6 is 27.5 Å². The van der Waals surface area contributed by atoms with Crippen LogP contribution in [-0.2, 0) is 6.42 Å². The highest BCUT2D eigenvalue weighted by Gasteiger charge is 2.13. The fourth-order valence-electron chi connectivity index (χ4n) is 1.61. The number of aromatic carboxylic acids is 1. The van der Waals surface area contributed by atoms with Crippen molar-refractivity contribution in [1.82, 2.24) is 4.98 Å². The van der Waals surface area contributed by atoms with Crippen LogP contribution in [0.4, 0.5) is 4.39 Å². The van der Waals surface area contributed by atoms with Crippen molar-refractivity contribution in [1.29, 1.82) is 0 Å². The summed E-state index contributed by atoms with van der Waals surface area (Å²) in [6.45, 7) is 1.84. The number of aryl methyl sites for hydroxylation is 1. The minimum Gasteiger partial charge on any atom is -0.478 e. The summed E-state index contributed by atoms with van der Waals surface area (Å²) in [4.78, 5) is 15.2. The zero-order valence-electron chi connectivity index (χ0n) is 10.9. The molecule has 0 radical (unpaired) electrons. The molecule has 7 heteroatoms. The minimum absolute atomic E-state index is 0.0456. The number of carbonyl (C=O) groups is 1. The van der Waals surface area contributed by atoms with Gasteiger partial charge in [-0.05, 0) is 34.5 Å². The van der Waals surface area contributed by atoms with Gasteiger partial charge in [0, 0.05) is 17.8 Å². The first-order valence-electron chi connectivity index (χ1n) is 5.97. The third-order valence-corrected chi connectivity index (χ3v) is 3.56. The van der Waals surface area contributed by atoms with Crippen molar-refractivity contribution < 1.29 is 19.0 Å². The molecule has 21 heavy (non-hydrogen) atoms. The number of rotatable bonds is 4. The molecule has 0 aliphatic rings. The van der Waals surface area contributed by atoms with Crippen LogP contribution in [0.15, 0.2) is 28.7 Å². The standard InChI is InChI=1S/C14H10BrClFNO3/c1-2-8-3-7(14(19)20)4-13(18-8)21-12-6-11(17)10(16)5-9(12)15/h3-6H,2H2,1H3,(H,19,20). The summed E-state index contributed by atoms with van der Waals surface area (Å²) in [5.74, 6) is -1.48. The van der Waals surface area contributed by atoms with Gasteiger partial charge in [-0.2, -0.15) is 0 Å². The lowest BCUT2D eigenvalue weighted by Crippen LogP contribution is -2.01. The predicted octanol–water partition coefficient (Wildman–Crippen LogP) is 4.69. The van der Waals surface area contributed by atoms with E-state index >= 15 is 0 Å². The van der Waals surface area contributed by atoms with Gasteiger partial charge < -0.3 is 9.84 Å². The molecule has 1 aromatic heterocycles. The largest absolute Gasteiger partial charge is 0.478 e. The predicted molar refractivity (Wildman–Crippen MR) is 79.8 cm³/mol. The van der Waals surface area contributed by atoms with Crippen molar-refractivity contribution >= 4 is 33.5 Å². The van der Waals surface area contributed by atoms with Crippen molar-refractivity contribution in [3.8, 4) is 11.6 Å². The van der Waals surface area contributed by atoms with Crippen molar-refractivity contribution in [2.75, 3.05) is 0 Å². The molecule has 0 amide bonds. The van der Waals surface area contributed by atoms with Crippen LogP contribution < -0.4 is 4.74 Å². The zero-order valence-corrected chi connectivity index (χ0v) is 13.2. The molecule has 1 N–H and O–H groups in total. The van der Waals surface area contributed by atoms with Gasteiger partial charge in [-0.15, -0.1) is 0 Å². The highest BCUT2D eigenvalue weighted by molar-refractivity contribution is 9.10. The summed E-state index contributed by atoms with van der Waals surface area (Å²) in [5, 5.41) is 9.01. The Kier molecular flexibility index (Phi) is 4.80. The van der Waals surface area contributed by atoms with E-state index in [-0.39, 0.29) is 22.2 Å². The maximum atomic E-state index is 13.5. The first kappa shape index (κ1) is 15.7. The molecular weight excluding hydrogens is 365 g/mol. The van der Waals surface area contributed by atoms with Crippen LogP contribution in [0.1, 0.15) is 23.0 Å². The zero-order chi connectivity index (χ0) is 15.6. The van der Waals surface area contributed by atoms with Crippen LogP contribution in [0.2, 0.25) is 5.02 Å². The first-order chi connectivity index (χ1) is 9.90. The molecule has 2 aromatic rings. The molecule has 2 rings (SSSR count). The van der Waals surface area contributed by atoms with Gasteiger partial charge in [0.05, 0.1) is 15.1 Å². The monoisotopic (exact) mass is 373 g/mol. The molecule has 4 nitrogen and oxygen atoms in total. The van der Waals surface area contributed by atoms with Gasteiger partial charge in [0.15, 0.2) is 0 Å². The first-order valence-corrected chi connectivity index (χ1v) is 7.14. The number of halogens is 3. The van der Waals surface area contributed by atoms with Gasteiger partial charge in [0.2, 0.25) is 5.88 Å². The van der Waals surface area contributed by atoms with Crippen LogP contribution in [0.5, 0.6) is 11.6 Å². The second-order valence-electron chi connectivity index (χ2n) is 4.14. The molecule has 0 fully saturated rings. The molecule has 0 atom stereocenters. The number of nitrogens with zero attached hydrogens (tertiary/aromatic N) is 1. The van der Waals surface area contributed by atoms with E-state index in [1.165, 1.54) is 18.2 Å². The molecule has 0 spiro atoms. The third-order valence-electron chi connectivity index (χ3n) is 2.65. The molecule has 0 unspecified atom stereocenters. The Balaban J connectivity index is 2.41. The lowest BCUT2D eigenvalue weighted by molar-refractivity contribution is 0.0696. The van der Waals surface area contributed by atoms with Crippen LogP contribution in [-0.4, -0.2) is 16.1 Å². The lowest BCUT2D eigenvalue weighted by Gasteiger charge is -2.10. The molecule has 1 aromatic carbocycles. The molecule has 0 saturated carbocycles. The number of pyridine rings is 1. The van der Waals surface area contributed by atoms with E-state index in [2.05, 4.69) is 20.9 Å². The summed E-state index contributed by atoms with van der Waals surface area (Å²) in [5.41, 5.74) is 0.623. The fourth-order valence-corrected chi connectivity index (χ4v) is 2.33. The van der Waals surface area contributed by atoms with Gasteiger partial charge in [-0.3, -0.25) is 0 Å². The van der Waals surface area contributed by atoms with Crippen molar-refractivity contribution in [3.63, 3.8) is 0 Å². The summed E-state index contributed by atoms with van der Waals surface area (Å²) in [6.07, 6.45) is 0.549. The van der Waals surface area contributed by atoms with Crippen LogP contribution in [0, 0.1) is 5.82 Å². The van der Waals surface area contributed by atoms with E-state index in [0.29, 0.717) is 16.6 Å². The number of carboxylic acids is 1. The lowest BCUT2D eigenvalue weighted by atomic mass is 10.2.